The van der Waals surface area contributed by atoms with Crippen LogP contribution in [0.25, 0.3) is 0 Å². The Morgan fingerprint density at radius 3 is 2.70 bits per heavy atom. The summed E-state index contributed by atoms with van der Waals surface area (Å²) in [6, 6.07) is 8.20. The third-order valence-corrected chi connectivity index (χ3v) is 5.15. The van der Waals surface area contributed by atoms with Crippen molar-refractivity contribution in [3.05, 3.63) is 75.8 Å². The van der Waals surface area contributed by atoms with Crippen molar-refractivity contribution in [3.8, 4) is 0 Å². The SMILES string of the molecule is C=C(C)CC(C)(Cc1ccc(F)cc1)NC(=O)c1cc2c(nc1Cl)CCC2. The maximum absolute atomic E-state index is 13.2. The number of amides is 1. The van der Waals surface area contributed by atoms with Gasteiger partial charge in [-0.15, -0.1) is 6.58 Å². The number of rotatable bonds is 6. The van der Waals surface area contributed by atoms with Crippen molar-refractivity contribution < 1.29 is 9.18 Å². The maximum atomic E-state index is 13.2. The van der Waals surface area contributed by atoms with Gasteiger partial charge in [-0.3, -0.25) is 4.79 Å². The molecule has 1 aliphatic rings. The molecule has 0 radical (unpaired) electrons. The molecule has 3 rings (SSSR count). The van der Waals surface area contributed by atoms with Gasteiger partial charge in [0.1, 0.15) is 11.0 Å². The summed E-state index contributed by atoms with van der Waals surface area (Å²) in [6.45, 7) is 7.89. The van der Waals surface area contributed by atoms with Crippen LogP contribution in [0.3, 0.4) is 0 Å². The van der Waals surface area contributed by atoms with Crippen molar-refractivity contribution in [2.45, 2.75) is 51.5 Å². The van der Waals surface area contributed by atoms with Gasteiger partial charge < -0.3 is 5.32 Å². The van der Waals surface area contributed by atoms with Crippen LogP contribution in [-0.2, 0) is 19.3 Å². The van der Waals surface area contributed by atoms with Gasteiger partial charge in [-0.1, -0.05) is 29.3 Å². The van der Waals surface area contributed by atoms with E-state index in [0.717, 1.165) is 41.7 Å². The molecule has 3 nitrogen and oxygen atoms in total. The summed E-state index contributed by atoms with van der Waals surface area (Å²) in [5.74, 6) is -0.520. The van der Waals surface area contributed by atoms with E-state index in [9.17, 15) is 9.18 Å². The van der Waals surface area contributed by atoms with Gasteiger partial charge in [0.25, 0.3) is 5.91 Å². The summed E-state index contributed by atoms with van der Waals surface area (Å²) in [5, 5.41) is 3.36. The second-order valence-electron chi connectivity index (χ2n) is 7.74. The van der Waals surface area contributed by atoms with Crippen molar-refractivity contribution >= 4 is 17.5 Å². The highest BCUT2D eigenvalue weighted by Crippen LogP contribution is 2.27. The lowest BCUT2D eigenvalue weighted by Gasteiger charge is -2.32. The lowest BCUT2D eigenvalue weighted by Crippen LogP contribution is -2.48. The molecule has 0 saturated heterocycles. The molecule has 1 aromatic heterocycles. The predicted octanol–water partition coefficient (Wildman–Crippen LogP) is 5.06. The molecule has 1 aromatic carbocycles. The second-order valence-corrected chi connectivity index (χ2v) is 8.10. The molecule has 1 aliphatic carbocycles. The van der Waals surface area contributed by atoms with E-state index in [2.05, 4.69) is 16.9 Å². The Hall–Kier alpha value is -2.20. The number of benzene rings is 1. The average Bonchev–Trinajstić information content (AvgIpc) is 3.02. The van der Waals surface area contributed by atoms with Crippen LogP contribution in [0.2, 0.25) is 5.15 Å². The Bertz CT molecular complexity index is 879. The van der Waals surface area contributed by atoms with Gasteiger partial charge in [-0.2, -0.15) is 0 Å². The lowest BCUT2D eigenvalue weighted by atomic mass is 9.86. The van der Waals surface area contributed by atoms with E-state index in [1.807, 2.05) is 19.9 Å². The number of aryl methyl sites for hydroxylation is 2. The van der Waals surface area contributed by atoms with Gasteiger partial charge in [0.15, 0.2) is 0 Å². The van der Waals surface area contributed by atoms with E-state index in [-0.39, 0.29) is 16.9 Å². The Balaban J connectivity index is 1.84. The fourth-order valence-corrected chi connectivity index (χ4v) is 4.06. The lowest BCUT2D eigenvalue weighted by molar-refractivity contribution is 0.0905. The first-order chi connectivity index (χ1) is 12.8. The number of hydrogen-bond donors (Lipinski definition) is 1. The van der Waals surface area contributed by atoms with Crippen molar-refractivity contribution in [2.75, 3.05) is 0 Å². The van der Waals surface area contributed by atoms with Crippen molar-refractivity contribution in [2.24, 2.45) is 0 Å². The quantitative estimate of drug-likeness (QED) is 0.557. The molecular formula is C22H24ClFN2O. The van der Waals surface area contributed by atoms with E-state index < -0.39 is 5.54 Å². The zero-order valence-electron chi connectivity index (χ0n) is 15.7. The largest absolute Gasteiger partial charge is 0.346 e. The van der Waals surface area contributed by atoms with Gasteiger partial charge in [0.2, 0.25) is 0 Å². The molecule has 27 heavy (non-hydrogen) atoms. The van der Waals surface area contributed by atoms with Crippen molar-refractivity contribution in [1.29, 1.82) is 0 Å². The molecule has 0 saturated carbocycles. The minimum absolute atomic E-state index is 0.243. The first-order valence-corrected chi connectivity index (χ1v) is 9.53. The fraction of sp³-hybridized carbons (Fsp3) is 0.364. The van der Waals surface area contributed by atoms with Gasteiger partial charge in [0, 0.05) is 11.2 Å². The van der Waals surface area contributed by atoms with Gasteiger partial charge in [-0.05, 0) is 75.3 Å². The smallest absolute Gasteiger partial charge is 0.254 e. The Kier molecular flexibility index (Phi) is 5.66. The normalized spacial score (nSPS) is 15.1. The average molecular weight is 387 g/mol. The number of pyridine rings is 1. The zero-order chi connectivity index (χ0) is 19.6. The molecule has 1 N–H and O–H groups in total. The maximum Gasteiger partial charge on any atom is 0.254 e. The molecule has 1 atom stereocenters. The van der Waals surface area contributed by atoms with Crippen LogP contribution in [0.4, 0.5) is 4.39 Å². The molecule has 2 aromatic rings. The molecule has 0 bridgehead atoms. The van der Waals surface area contributed by atoms with Crippen LogP contribution < -0.4 is 5.32 Å². The Morgan fingerprint density at radius 2 is 2.04 bits per heavy atom. The highest BCUT2D eigenvalue weighted by Gasteiger charge is 2.29. The standard InChI is InChI=1S/C22H24ClFN2O/c1-14(2)12-22(3,13-15-7-9-17(24)10-8-15)26-21(27)18-11-16-5-4-6-19(16)25-20(18)23/h7-11H,1,4-6,12-13H2,2-3H3,(H,26,27). The van der Waals surface area contributed by atoms with Crippen molar-refractivity contribution in [3.63, 3.8) is 0 Å². The number of nitrogens with one attached hydrogen (secondary N) is 1. The summed E-state index contributed by atoms with van der Waals surface area (Å²) in [4.78, 5) is 17.4. The molecule has 0 aliphatic heterocycles. The van der Waals surface area contributed by atoms with Crippen LogP contribution in [0.15, 0.2) is 42.5 Å². The number of carbonyl (C=O) groups is 1. The molecule has 1 heterocycles. The Morgan fingerprint density at radius 1 is 1.33 bits per heavy atom. The summed E-state index contributed by atoms with van der Waals surface area (Å²) in [6.07, 6.45) is 4.04. The van der Waals surface area contributed by atoms with Crippen LogP contribution in [0, 0.1) is 5.82 Å². The summed E-state index contributed by atoms with van der Waals surface area (Å²) >= 11 is 6.28. The fourth-order valence-electron chi connectivity index (χ4n) is 3.82. The minimum Gasteiger partial charge on any atom is -0.346 e. The van der Waals surface area contributed by atoms with Gasteiger partial charge >= 0.3 is 0 Å². The number of fused-ring (bicyclic) bond motifs is 1. The highest BCUT2D eigenvalue weighted by molar-refractivity contribution is 6.32. The number of nitrogens with zero attached hydrogens (tertiary/aromatic N) is 1. The van der Waals surface area contributed by atoms with E-state index in [1.165, 1.54) is 12.1 Å². The van der Waals surface area contributed by atoms with Gasteiger partial charge in [-0.25, -0.2) is 9.37 Å². The van der Waals surface area contributed by atoms with Crippen molar-refractivity contribution in [1.82, 2.24) is 10.3 Å². The van der Waals surface area contributed by atoms with E-state index in [1.54, 1.807) is 12.1 Å². The van der Waals surface area contributed by atoms with E-state index in [0.29, 0.717) is 18.4 Å². The third-order valence-electron chi connectivity index (χ3n) is 4.86. The van der Waals surface area contributed by atoms with E-state index in [4.69, 9.17) is 11.6 Å². The summed E-state index contributed by atoms with van der Waals surface area (Å²) in [7, 11) is 0. The third kappa shape index (κ3) is 4.75. The molecule has 142 valence electrons. The molecule has 1 unspecified atom stereocenters. The van der Waals surface area contributed by atoms with Crippen LogP contribution in [0.5, 0.6) is 0 Å². The van der Waals surface area contributed by atoms with Crippen LogP contribution >= 0.6 is 11.6 Å². The first kappa shape index (κ1) is 19.6. The molecule has 0 fully saturated rings. The number of carbonyl (C=O) groups excluding carboxylic acids is 1. The topological polar surface area (TPSA) is 42.0 Å². The summed E-state index contributed by atoms with van der Waals surface area (Å²) < 4.78 is 13.2. The molecule has 1 amide bonds. The number of aromatic nitrogens is 1. The van der Waals surface area contributed by atoms with Crippen LogP contribution in [0.1, 0.15) is 53.9 Å². The first-order valence-electron chi connectivity index (χ1n) is 9.15. The minimum atomic E-state index is -0.566. The predicted molar refractivity (Wildman–Crippen MR) is 107 cm³/mol. The zero-order valence-corrected chi connectivity index (χ0v) is 16.5. The van der Waals surface area contributed by atoms with Crippen LogP contribution in [-0.4, -0.2) is 16.4 Å². The second kappa shape index (κ2) is 7.81. The molecule has 5 heteroatoms. The molecule has 0 spiro atoms. The van der Waals surface area contributed by atoms with Gasteiger partial charge in [0.05, 0.1) is 5.56 Å². The highest BCUT2D eigenvalue weighted by atomic mass is 35.5. The monoisotopic (exact) mass is 386 g/mol. The Labute approximate surface area is 164 Å². The van der Waals surface area contributed by atoms with E-state index >= 15 is 0 Å². The number of halogens is 2. The number of hydrogen-bond acceptors (Lipinski definition) is 2. The summed E-state index contributed by atoms with van der Waals surface area (Å²) in [5.41, 5.74) is 3.83. The molecular weight excluding hydrogens is 363 g/mol.